The zero-order valence-corrected chi connectivity index (χ0v) is 13.8. The van der Waals surface area contributed by atoms with E-state index in [0.29, 0.717) is 38.8 Å². The van der Waals surface area contributed by atoms with Crippen LogP contribution in [0.3, 0.4) is 0 Å². The Balaban J connectivity index is 1.52. The van der Waals surface area contributed by atoms with Gasteiger partial charge >= 0.3 is 6.03 Å². The van der Waals surface area contributed by atoms with Crippen LogP contribution in [0.15, 0.2) is 24.3 Å². The number of carbonyl (C=O) groups is 3. The van der Waals surface area contributed by atoms with Crippen molar-refractivity contribution >= 4 is 17.8 Å². The van der Waals surface area contributed by atoms with Crippen LogP contribution >= 0.6 is 0 Å². The summed E-state index contributed by atoms with van der Waals surface area (Å²) in [6, 6.07) is 5.82. The maximum Gasteiger partial charge on any atom is 0.322 e. The van der Waals surface area contributed by atoms with Gasteiger partial charge in [-0.1, -0.05) is 18.6 Å². The number of urea groups is 1. The molecule has 7 heteroatoms. The average Bonchev–Trinajstić information content (AvgIpc) is 2.80. The Labute approximate surface area is 144 Å². The Bertz CT molecular complexity index is 752. The van der Waals surface area contributed by atoms with Gasteiger partial charge in [-0.05, 0) is 43.4 Å². The van der Waals surface area contributed by atoms with Gasteiger partial charge < -0.3 is 10.2 Å². The number of likely N-dealkylation sites (tertiary alicyclic amines) is 1. The third-order valence-electron chi connectivity index (χ3n) is 5.91. The van der Waals surface area contributed by atoms with Crippen molar-refractivity contribution in [2.45, 2.75) is 43.1 Å². The largest absolute Gasteiger partial charge is 0.342 e. The van der Waals surface area contributed by atoms with E-state index < -0.39 is 17.0 Å². The second-order valence-electron chi connectivity index (χ2n) is 7.23. The summed E-state index contributed by atoms with van der Waals surface area (Å²) in [4.78, 5) is 38.4. The molecule has 2 N–H and O–H groups in total. The monoisotopic (exact) mass is 345 g/mol. The van der Waals surface area contributed by atoms with E-state index in [1.165, 1.54) is 12.1 Å². The predicted molar refractivity (Wildman–Crippen MR) is 87.1 cm³/mol. The fraction of sp³-hybridized carbons (Fsp3) is 0.500. The highest BCUT2D eigenvalue weighted by Gasteiger charge is 2.52. The van der Waals surface area contributed by atoms with Gasteiger partial charge in [-0.2, -0.15) is 0 Å². The molecule has 2 aliphatic heterocycles. The van der Waals surface area contributed by atoms with E-state index in [0.717, 1.165) is 12.0 Å². The molecule has 1 aromatic rings. The second-order valence-corrected chi connectivity index (χ2v) is 7.23. The molecule has 1 saturated carbocycles. The van der Waals surface area contributed by atoms with Crippen LogP contribution < -0.4 is 10.6 Å². The highest BCUT2D eigenvalue weighted by molar-refractivity contribution is 6.07. The minimum atomic E-state index is -0.889. The van der Waals surface area contributed by atoms with Crippen LogP contribution in [0.1, 0.15) is 37.7 Å². The first-order valence-corrected chi connectivity index (χ1v) is 8.64. The van der Waals surface area contributed by atoms with Crippen LogP contribution in [0.2, 0.25) is 0 Å². The molecule has 6 nitrogen and oxygen atoms in total. The van der Waals surface area contributed by atoms with Gasteiger partial charge in [0, 0.05) is 13.1 Å². The molecular weight excluding hydrogens is 325 g/mol. The van der Waals surface area contributed by atoms with Crippen LogP contribution in [0.4, 0.5) is 9.18 Å². The van der Waals surface area contributed by atoms with E-state index in [-0.39, 0.29) is 17.6 Å². The standard InChI is InChI=1S/C18H20FN3O3/c19-13-4-1-3-12(11-13)17(5-2-6-17)15(24)22-9-7-18(8-10-22)14(23)20-16(25)21-18/h1,3-4,11H,2,5-10H2,(H2,20,21,23,25). The minimum absolute atomic E-state index is 0.00364. The normalized spacial score (nSPS) is 23.8. The number of halogens is 1. The highest BCUT2D eigenvalue weighted by atomic mass is 19.1. The molecule has 1 aromatic carbocycles. The van der Waals surface area contributed by atoms with Crippen molar-refractivity contribution < 1.29 is 18.8 Å². The third-order valence-corrected chi connectivity index (χ3v) is 5.91. The zero-order valence-electron chi connectivity index (χ0n) is 13.8. The number of rotatable bonds is 2. The molecule has 0 atom stereocenters. The van der Waals surface area contributed by atoms with Crippen molar-refractivity contribution in [2.75, 3.05) is 13.1 Å². The van der Waals surface area contributed by atoms with Crippen LogP contribution in [0, 0.1) is 5.82 Å². The Morgan fingerprint density at radius 1 is 1.12 bits per heavy atom. The minimum Gasteiger partial charge on any atom is -0.342 e. The number of carbonyl (C=O) groups excluding carboxylic acids is 3. The van der Waals surface area contributed by atoms with Crippen LogP contribution in [0.25, 0.3) is 0 Å². The molecule has 4 rings (SSSR count). The molecule has 4 amide bonds. The molecule has 1 aliphatic carbocycles. The summed E-state index contributed by atoms with van der Waals surface area (Å²) in [5, 5.41) is 4.97. The molecule has 132 valence electrons. The number of imide groups is 1. The topological polar surface area (TPSA) is 78.5 Å². The van der Waals surface area contributed by atoms with Gasteiger partial charge in [0.05, 0.1) is 5.41 Å². The maximum atomic E-state index is 13.6. The van der Waals surface area contributed by atoms with E-state index in [9.17, 15) is 18.8 Å². The SMILES string of the molecule is O=C1NC(=O)C2(CCN(C(=O)C3(c4cccc(F)c4)CCC3)CC2)N1. The number of benzene rings is 1. The first-order valence-electron chi connectivity index (χ1n) is 8.64. The van der Waals surface area contributed by atoms with Crippen molar-refractivity contribution in [3.63, 3.8) is 0 Å². The van der Waals surface area contributed by atoms with Gasteiger partial charge in [0.2, 0.25) is 5.91 Å². The van der Waals surface area contributed by atoms with Crippen molar-refractivity contribution in [3.05, 3.63) is 35.6 Å². The Morgan fingerprint density at radius 2 is 1.84 bits per heavy atom. The molecule has 1 spiro atoms. The summed E-state index contributed by atoms with van der Waals surface area (Å²) < 4.78 is 13.6. The Hall–Kier alpha value is -2.44. The number of hydrogen-bond acceptors (Lipinski definition) is 3. The average molecular weight is 345 g/mol. The molecule has 0 bridgehead atoms. The lowest BCUT2D eigenvalue weighted by Crippen LogP contribution is -2.59. The summed E-state index contributed by atoms with van der Waals surface area (Å²) in [6.07, 6.45) is 3.17. The lowest BCUT2D eigenvalue weighted by Gasteiger charge is -2.46. The lowest BCUT2D eigenvalue weighted by atomic mass is 9.63. The predicted octanol–water partition coefficient (Wildman–Crippen LogP) is 1.45. The zero-order chi connectivity index (χ0) is 17.7. The van der Waals surface area contributed by atoms with E-state index in [2.05, 4.69) is 10.6 Å². The maximum absolute atomic E-state index is 13.6. The molecule has 3 fully saturated rings. The van der Waals surface area contributed by atoms with Crippen LogP contribution in [-0.4, -0.2) is 41.4 Å². The molecular formula is C18H20FN3O3. The van der Waals surface area contributed by atoms with E-state index in [1.807, 2.05) is 6.07 Å². The Morgan fingerprint density at radius 3 is 2.36 bits per heavy atom. The fourth-order valence-corrected chi connectivity index (χ4v) is 4.22. The number of nitrogens with zero attached hydrogens (tertiary/aromatic N) is 1. The summed E-state index contributed by atoms with van der Waals surface area (Å²) in [5.74, 6) is -0.642. The van der Waals surface area contributed by atoms with E-state index in [4.69, 9.17) is 0 Å². The molecule has 3 aliphatic rings. The van der Waals surface area contributed by atoms with Gasteiger partial charge in [0.1, 0.15) is 11.4 Å². The van der Waals surface area contributed by atoms with Crippen molar-refractivity contribution in [1.29, 1.82) is 0 Å². The molecule has 25 heavy (non-hydrogen) atoms. The van der Waals surface area contributed by atoms with Gasteiger partial charge in [0.25, 0.3) is 5.91 Å². The summed E-state index contributed by atoms with van der Waals surface area (Å²) in [5.41, 5.74) is -0.802. The second kappa shape index (κ2) is 5.54. The van der Waals surface area contributed by atoms with Gasteiger partial charge in [-0.3, -0.25) is 14.9 Å². The molecule has 0 radical (unpaired) electrons. The van der Waals surface area contributed by atoms with Crippen molar-refractivity contribution in [2.24, 2.45) is 0 Å². The van der Waals surface area contributed by atoms with Crippen molar-refractivity contribution in [1.82, 2.24) is 15.5 Å². The van der Waals surface area contributed by atoms with E-state index in [1.54, 1.807) is 11.0 Å². The third kappa shape index (κ3) is 2.41. The van der Waals surface area contributed by atoms with Crippen LogP contribution in [-0.2, 0) is 15.0 Å². The first-order chi connectivity index (χ1) is 12.0. The lowest BCUT2D eigenvalue weighted by molar-refractivity contribution is -0.144. The smallest absolute Gasteiger partial charge is 0.322 e. The molecule has 2 heterocycles. The quantitative estimate of drug-likeness (QED) is 0.797. The van der Waals surface area contributed by atoms with Crippen LogP contribution in [0.5, 0.6) is 0 Å². The summed E-state index contributed by atoms with van der Waals surface area (Å²) in [6.45, 7) is 0.813. The van der Waals surface area contributed by atoms with Crippen molar-refractivity contribution in [3.8, 4) is 0 Å². The highest BCUT2D eigenvalue weighted by Crippen LogP contribution is 2.46. The Kier molecular flexibility index (Phi) is 3.56. The molecule has 2 saturated heterocycles. The van der Waals surface area contributed by atoms with Gasteiger partial charge in [0.15, 0.2) is 0 Å². The summed E-state index contributed by atoms with van der Waals surface area (Å²) >= 11 is 0. The first kappa shape index (κ1) is 16.1. The number of nitrogens with one attached hydrogen (secondary N) is 2. The number of piperidine rings is 1. The van der Waals surface area contributed by atoms with E-state index >= 15 is 0 Å². The summed E-state index contributed by atoms with van der Waals surface area (Å²) in [7, 11) is 0. The van der Waals surface area contributed by atoms with Gasteiger partial charge in [-0.15, -0.1) is 0 Å². The molecule has 0 aromatic heterocycles. The molecule has 0 unspecified atom stereocenters. The number of hydrogen-bond donors (Lipinski definition) is 2. The number of amides is 4. The van der Waals surface area contributed by atoms with Gasteiger partial charge in [-0.25, -0.2) is 9.18 Å². The fourth-order valence-electron chi connectivity index (χ4n) is 4.22.